The van der Waals surface area contributed by atoms with E-state index >= 15 is 0 Å². The van der Waals surface area contributed by atoms with Gasteiger partial charge >= 0.3 is 6.18 Å². The number of rotatable bonds is 2. The number of anilines is 2. The van der Waals surface area contributed by atoms with Gasteiger partial charge in [0.2, 0.25) is 5.28 Å². The molecule has 7 heteroatoms. The number of nitrogens with one attached hydrogen (secondary N) is 1. The third-order valence-electron chi connectivity index (χ3n) is 3.06. The van der Waals surface area contributed by atoms with Crippen LogP contribution >= 0.6 is 11.6 Å². The highest BCUT2D eigenvalue weighted by Crippen LogP contribution is 2.36. The van der Waals surface area contributed by atoms with E-state index in [-0.39, 0.29) is 16.8 Å². The number of hydrogen-bond acceptors (Lipinski definition) is 3. The summed E-state index contributed by atoms with van der Waals surface area (Å²) in [6.45, 7) is 0. The van der Waals surface area contributed by atoms with Crippen molar-refractivity contribution < 1.29 is 13.2 Å². The molecule has 112 valence electrons. The van der Waals surface area contributed by atoms with Gasteiger partial charge in [-0.05, 0) is 35.9 Å². The summed E-state index contributed by atoms with van der Waals surface area (Å²) in [6, 6.07) is 12.1. The van der Waals surface area contributed by atoms with Crippen LogP contribution in [-0.4, -0.2) is 9.97 Å². The fourth-order valence-corrected chi connectivity index (χ4v) is 2.29. The van der Waals surface area contributed by atoms with E-state index in [0.717, 1.165) is 6.07 Å². The summed E-state index contributed by atoms with van der Waals surface area (Å²) < 4.78 is 39.1. The molecule has 3 rings (SSSR count). The molecule has 3 aromatic rings. The van der Waals surface area contributed by atoms with Gasteiger partial charge in [0.15, 0.2) is 0 Å². The standard InChI is InChI=1S/C15H9ClF3N3/c16-14-21-11-7-3-1-5-9(11)13(22-14)20-12-8-4-2-6-10(12)15(17,18)19/h1-8H,(H,20,21,22). The van der Waals surface area contributed by atoms with Crippen molar-refractivity contribution in [1.29, 1.82) is 0 Å². The van der Waals surface area contributed by atoms with Crippen molar-refractivity contribution in [3.8, 4) is 0 Å². The molecule has 2 aromatic carbocycles. The SMILES string of the molecule is FC(F)(F)c1ccccc1Nc1nc(Cl)nc2ccccc12. The second kappa shape index (κ2) is 5.46. The second-order valence-corrected chi connectivity index (χ2v) is 4.86. The summed E-state index contributed by atoms with van der Waals surface area (Å²) in [7, 11) is 0. The lowest BCUT2D eigenvalue weighted by Crippen LogP contribution is -2.09. The Labute approximate surface area is 128 Å². The number of fused-ring (bicyclic) bond motifs is 1. The first-order chi connectivity index (χ1) is 10.4. The zero-order valence-electron chi connectivity index (χ0n) is 11.0. The number of nitrogens with zero attached hydrogens (tertiary/aromatic N) is 2. The van der Waals surface area contributed by atoms with Crippen LogP contribution in [0.5, 0.6) is 0 Å². The van der Waals surface area contributed by atoms with Crippen LogP contribution in [0, 0.1) is 0 Å². The predicted octanol–water partition coefficient (Wildman–Crippen LogP) is 5.05. The summed E-state index contributed by atoms with van der Waals surface area (Å²) in [4.78, 5) is 8.04. The van der Waals surface area contributed by atoms with Gasteiger partial charge in [0, 0.05) is 5.39 Å². The average molecular weight is 324 g/mol. The van der Waals surface area contributed by atoms with Gasteiger partial charge in [-0.3, -0.25) is 0 Å². The molecule has 0 bridgehead atoms. The van der Waals surface area contributed by atoms with Crippen molar-refractivity contribution in [3.05, 3.63) is 59.4 Å². The average Bonchev–Trinajstić information content (AvgIpc) is 2.46. The van der Waals surface area contributed by atoms with Crippen molar-refractivity contribution in [2.75, 3.05) is 5.32 Å². The van der Waals surface area contributed by atoms with E-state index < -0.39 is 11.7 Å². The highest BCUT2D eigenvalue weighted by Gasteiger charge is 2.33. The molecule has 0 aliphatic rings. The molecule has 0 spiro atoms. The van der Waals surface area contributed by atoms with Crippen LogP contribution in [0.1, 0.15) is 5.56 Å². The Morgan fingerprint density at radius 2 is 1.59 bits per heavy atom. The van der Waals surface area contributed by atoms with Crippen molar-refractivity contribution in [2.45, 2.75) is 6.18 Å². The molecular formula is C15H9ClF3N3. The van der Waals surface area contributed by atoms with E-state index in [0.29, 0.717) is 10.9 Å². The zero-order valence-corrected chi connectivity index (χ0v) is 11.8. The molecule has 3 nitrogen and oxygen atoms in total. The molecule has 0 atom stereocenters. The fraction of sp³-hybridized carbons (Fsp3) is 0.0667. The van der Waals surface area contributed by atoms with Crippen molar-refractivity contribution in [1.82, 2.24) is 9.97 Å². The number of hydrogen-bond donors (Lipinski definition) is 1. The maximum atomic E-state index is 13.0. The molecule has 1 heterocycles. The summed E-state index contributed by atoms with van der Waals surface area (Å²) >= 11 is 5.84. The van der Waals surface area contributed by atoms with E-state index in [9.17, 15) is 13.2 Å². The molecule has 0 saturated carbocycles. The minimum Gasteiger partial charge on any atom is -0.339 e. The first-order valence-electron chi connectivity index (χ1n) is 6.31. The topological polar surface area (TPSA) is 37.8 Å². The molecular weight excluding hydrogens is 315 g/mol. The predicted molar refractivity (Wildman–Crippen MR) is 79.3 cm³/mol. The Bertz CT molecular complexity index is 834. The van der Waals surface area contributed by atoms with Gasteiger partial charge in [0.05, 0.1) is 16.8 Å². The van der Waals surface area contributed by atoms with Crippen LogP contribution in [0.4, 0.5) is 24.7 Å². The van der Waals surface area contributed by atoms with E-state index in [4.69, 9.17) is 11.6 Å². The highest BCUT2D eigenvalue weighted by atomic mass is 35.5. The normalized spacial score (nSPS) is 11.6. The summed E-state index contributed by atoms with van der Waals surface area (Å²) in [5.74, 6) is 0.229. The number of para-hydroxylation sites is 2. The van der Waals surface area contributed by atoms with Crippen LogP contribution in [0.2, 0.25) is 5.28 Å². The number of alkyl halides is 3. The number of aromatic nitrogens is 2. The van der Waals surface area contributed by atoms with Gasteiger partial charge in [-0.25, -0.2) is 4.98 Å². The monoisotopic (exact) mass is 323 g/mol. The Kier molecular flexibility index (Phi) is 3.62. The second-order valence-electron chi connectivity index (χ2n) is 4.53. The molecule has 0 unspecified atom stereocenters. The number of benzene rings is 2. The summed E-state index contributed by atoms with van der Waals surface area (Å²) in [5, 5.41) is 3.26. The quantitative estimate of drug-likeness (QED) is 0.671. The van der Waals surface area contributed by atoms with Gasteiger partial charge in [-0.1, -0.05) is 24.3 Å². The van der Waals surface area contributed by atoms with Crippen molar-refractivity contribution >= 4 is 34.0 Å². The first kappa shape index (κ1) is 14.6. The van der Waals surface area contributed by atoms with Crippen molar-refractivity contribution in [2.24, 2.45) is 0 Å². The van der Waals surface area contributed by atoms with E-state index in [1.54, 1.807) is 24.3 Å². The van der Waals surface area contributed by atoms with Gasteiger partial charge in [0.25, 0.3) is 0 Å². The maximum Gasteiger partial charge on any atom is 0.418 e. The molecule has 22 heavy (non-hydrogen) atoms. The minimum atomic E-state index is -4.46. The maximum absolute atomic E-state index is 13.0. The first-order valence-corrected chi connectivity index (χ1v) is 6.68. The van der Waals surface area contributed by atoms with Gasteiger partial charge in [-0.2, -0.15) is 18.2 Å². The summed E-state index contributed by atoms with van der Waals surface area (Å²) in [5.41, 5.74) is -0.307. The lowest BCUT2D eigenvalue weighted by Gasteiger charge is -2.15. The molecule has 0 aliphatic carbocycles. The largest absolute Gasteiger partial charge is 0.418 e. The van der Waals surface area contributed by atoms with Gasteiger partial charge in [0.1, 0.15) is 5.82 Å². The molecule has 0 radical (unpaired) electrons. The van der Waals surface area contributed by atoms with Crippen LogP contribution in [0.15, 0.2) is 48.5 Å². The minimum absolute atomic E-state index is 0.0364. The fourth-order valence-electron chi connectivity index (χ4n) is 2.11. The van der Waals surface area contributed by atoms with E-state index in [1.807, 2.05) is 0 Å². The Hall–Kier alpha value is -2.34. The Balaban J connectivity index is 2.12. The van der Waals surface area contributed by atoms with Gasteiger partial charge in [-0.15, -0.1) is 0 Å². The zero-order chi connectivity index (χ0) is 15.7. The Morgan fingerprint density at radius 1 is 0.909 bits per heavy atom. The van der Waals surface area contributed by atoms with E-state index in [1.165, 1.54) is 18.2 Å². The van der Waals surface area contributed by atoms with Crippen LogP contribution in [0.25, 0.3) is 10.9 Å². The van der Waals surface area contributed by atoms with Crippen molar-refractivity contribution in [3.63, 3.8) is 0 Å². The lowest BCUT2D eigenvalue weighted by atomic mass is 10.1. The highest BCUT2D eigenvalue weighted by molar-refractivity contribution is 6.28. The van der Waals surface area contributed by atoms with Crippen LogP contribution in [0.3, 0.4) is 0 Å². The molecule has 0 fully saturated rings. The molecule has 1 aromatic heterocycles. The third-order valence-corrected chi connectivity index (χ3v) is 3.23. The molecule has 0 amide bonds. The van der Waals surface area contributed by atoms with E-state index in [2.05, 4.69) is 15.3 Å². The number of halogens is 4. The molecule has 1 N–H and O–H groups in total. The van der Waals surface area contributed by atoms with Gasteiger partial charge < -0.3 is 5.32 Å². The van der Waals surface area contributed by atoms with Crippen LogP contribution in [-0.2, 0) is 6.18 Å². The third kappa shape index (κ3) is 2.82. The molecule has 0 aliphatic heterocycles. The smallest absolute Gasteiger partial charge is 0.339 e. The lowest BCUT2D eigenvalue weighted by molar-refractivity contribution is -0.136. The summed E-state index contributed by atoms with van der Waals surface area (Å²) in [6.07, 6.45) is -4.46. The molecule has 0 saturated heterocycles. The van der Waals surface area contributed by atoms with Crippen LogP contribution < -0.4 is 5.32 Å². The Morgan fingerprint density at radius 3 is 2.36 bits per heavy atom.